The minimum Gasteiger partial charge on any atom is -0.367 e. The Bertz CT molecular complexity index is 1040. The van der Waals surface area contributed by atoms with Crippen LogP contribution in [0.1, 0.15) is 41.6 Å². The van der Waals surface area contributed by atoms with Gasteiger partial charge in [-0.25, -0.2) is 14.4 Å². The lowest BCUT2D eigenvalue weighted by molar-refractivity contribution is 0.0926. The summed E-state index contributed by atoms with van der Waals surface area (Å²) in [5.41, 5.74) is 2.49. The van der Waals surface area contributed by atoms with Crippen LogP contribution in [0.25, 0.3) is 5.69 Å². The number of benzene rings is 1. The normalized spacial score (nSPS) is 17.6. The molecule has 2 aromatic heterocycles. The summed E-state index contributed by atoms with van der Waals surface area (Å²) < 4.78 is 15.3. The largest absolute Gasteiger partial charge is 0.367 e. The molecule has 0 bridgehead atoms. The molecule has 1 aromatic carbocycles. The molecule has 3 aromatic rings. The molecule has 1 fully saturated rings. The first-order chi connectivity index (χ1) is 14.5. The zero-order valence-electron chi connectivity index (χ0n) is 17.4. The van der Waals surface area contributed by atoms with Gasteiger partial charge in [-0.2, -0.15) is 0 Å². The Labute approximate surface area is 203 Å². The number of rotatable bonds is 5. The number of pyridine rings is 1. The number of nitrogens with zero attached hydrogens (tertiary/aromatic N) is 3. The van der Waals surface area contributed by atoms with Crippen LogP contribution in [0.4, 0.5) is 10.2 Å². The van der Waals surface area contributed by atoms with E-state index in [0.29, 0.717) is 11.6 Å². The second kappa shape index (κ2) is 11.5. The van der Waals surface area contributed by atoms with Gasteiger partial charge in [0.05, 0.1) is 17.0 Å². The fourth-order valence-corrected chi connectivity index (χ4v) is 3.95. The van der Waals surface area contributed by atoms with Gasteiger partial charge < -0.3 is 15.2 Å². The monoisotopic (exact) mass is 499 g/mol. The van der Waals surface area contributed by atoms with Crippen molar-refractivity contribution in [3.8, 4) is 5.69 Å². The number of amides is 1. The van der Waals surface area contributed by atoms with Crippen LogP contribution < -0.4 is 10.6 Å². The van der Waals surface area contributed by atoms with Crippen LogP contribution in [-0.2, 0) is 0 Å². The van der Waals surface area contributed by atoms with E-state index in [9.17, 15) is 9.18 Å². The zero-order chi connectivity index (χ0) is 21.1. The molecular weight excluding hydrogens is 476 g/mol. The van der Waals surface area contributed by atoms with Gasteiger partial charge in [-0.05, 0) is 56.4 Å². The Morgan fingerprint density at radius 1 is 1.16 bits per heavy atom. The number of aryl methyl sites for hydroxylation is 1. The molecule has 1 aliphatic carbocycles. The van der Waals surface area contributed by atoms with E-state index in [2.05, 4.69) is 20.6 Å². The average Bonchev–Trinajstić information content (AvgIpc) is 3.27. The Morgan fingerprint density at radius 3 is 2.53 bits per heavy atom. The van der Waals surface area contributed by atoms with Crippen molar-refractivity contribution in [2.24, 2.45) is 0 Å². The van der Waals surface area contributed by atoms with Crippen molar-refractivity contribution in [3.05, 3.63) is 71.2 Å². The zero-order valence-corrected chi connectivity index (χ0v) is 19.8. The first-order valence-corrected chi connectivity index (χ1v) is 10.3. The van der Waals surface area contributed by atoms with Crippen LogP contribution in [0.15, 0.2) is 49.2 Å². The highest BCUT2D eigenvalue weighted by molar-refractivity contribution is 6.31. The molecule has 0 radical (unpaired) electrons. The van der Waals surface area contributed by atoms with Crippen molar-refractivity contribution < 1.29 is 9.18 Å². The van der Waals surface area contributed by atoms with E-state index in [1.807, 2.05) is 30.0 Å². The molecule has 2 N–H and O–H groups in total. The van der Waals surface area contributed by atoms with Crippen molar-refractivity contribution in [2.45, 2.75) is 44.7 Å². The third-order valence-electron chi connectivity index (χ3n) is 5.45. The number of carbonyl (C=O) groups excluding carboxylic acids is 1. The molecule has 172 valence electrons. The molecule has 6 nitrogen and oxygen atoms in total. The summed E-state index contributed by atoms with van der Waals surface area (Å²) in [6.07, 6.45) is 10.9. The lowest BCUT2D eigenvalue weighted by Gasteiger charge is -2.30. The van der Waals surface area contributed by atoms with E-state index in [-0.39, 0.29) is 41.8 Å². The second-order valence-corrected chi connectivity index (χ2v) is 8.03. The predicted octanol–water partition coefficient (Wildman–Crippen LogP) is 5.36. The highest BCUT2D eigenvalue weighted by atomic mass is 35.5. The fraction of sp³-hybridized carbons (Fsp3) is 0.318. The number of halogens is 4. The van der Waals surface area contributed by atoms with Gasteiger partial charge in [-0.3, -0.25) is 4.79 Å². The van der Waals surface area contributed by atoms with Crippen LogP contribution in [-0.4, -0.2) is 32.5 Å². The highest BCUT2D eigenvalue weighted by Gasteiger charge is 2.23. The molecule has 0 saturated heterocycles. The first-order valence-electron chi connectivity index (χ1n) is 9.97. The van der Waals surface area contributed by atoms with Crippen molar-refractivity contribution in [1.29, 1.82) is 0 Å². The lowest BCUT2D eigenvalue weighted by atomic mass is 9.91. The molecule has 1 saturated carbocycles. The SMILES string of the molecule is Cc1cnc(N[C@H]2CC[C@@H](NC(=O)c3ccc(F)c(Cl)c3)CC2)cc1-n1ccnc1.Cl.Cl. The minimum atomic E-state index is -0.527. The number of hydrogen-bond donors (Lipinski definition) is 2. The van der Waals surface area contributed by atoms with E-state index in [1.165, 1.54) is 18.2 Å². The van der Waals surface area contributed by atoms with E-state index in [0.717, 1.165) is 42.8 Å². The summed E-state index contributed by atoms with van der Waals surface area (Å²) in [6, 6.07) is 6.44. The number of imidazole rings is 1. The van der Waals surface area contributed by atoms with E-state index in [4.69, 9.17) is 11.6 Å². The van der Waals surface area contributed by atoms with Crippen molar-refractivity contribution in [2.75, 3.05) is 5.32 Å². The van der Waals surface area contributed by atoms with E-state index >= 15 is 0 Å². The summed E-state index contributed by atoms with van der Waals surface area (Å²) in [6.45, 7) is 2.02. The lowest BCUT2D eigenvalue weighted by Crippen LogP contribution is -2.40. The standard InChI is InChI=1S/C22H23ClFN5O.2ClH/c1-14-12-26-21(11-20(14)29-9-8-25-13-29)27-16-3-5-17(6-4-16)28-22(30)15-2-7-19(24)18(23)10-15;;/h2,7-13,16-17H,3-6H2,1H3,(H,26,27)(H,28,30);2*1H/t16-,17+;;. The van der Waals surface area contributed by atoms with Crippen LogP contribution in [0.5, 0.6) is 0 Å². The first kappa shape index (κ1) is 25.9. The van der Waals surface area contributed by atoms with Gasteiger partial charge >= 0.3 is 0 Å². The quantitative estimate of drug-likeness (QED) is 0.494. The molecule has 0 aliphatic heterocycles. The van der Waals surface area contributed by atoms with Gasteiger partial charge in [0, 0.05) is 42.3 Å². The Hall–Kier alpha value is -2.35. The van der Waals surface area contributed by atoms with Crippen LogP contribution in [0.3, 0.4) is 0 Å². The molecular formula is C22H25Cl3FN5O. The smallest absolute Gasteiger partial charge is 0.251 e. The summed E-state index contributed by atoms with van der Waals surface area (Å²) in [4.78, 5) is 21.0. The Kier molecular flexibility index (Phi) is 9.31. The number of aromatic nitrogens is 3. The highest BCUT2D eigenvalue weighted by Crippen LogP contribution is 2.24. The summed E-state index contributed by atoms with van der Waals surface area (Å²) >= 11 is 5.78. The second-order valence-electron chi connectivity index (χ2n) is 7.62. The Balaban J connectivity index is 0.00000181. The molecule has 2 heterocycles. The van der Waals surface area contributed by atoms with Crippen molar-refractivity contribution >= 4 is 48.1 Å². The average molecular weight is 501 g/mol. The molecule has 0 atom stereocenters. The minimum absolute atomic E-state index is 0. The molecule has 1 amide bonds. The maximum Gasteiger partial charge on any atom is 0.251 e. The summed E-state index contributed by atoms with van der Waals surface area (Å²) in [7, 11) is 0. The molecule has 0 unspecified atom stereocenters. The van der Waals surface area contributed by atoms with E-state index < -0.39 is 5.82 Å². The number of hydrogen-bond acceptors (Lipinski definition) is 4. The predicted molar refractivity (Wildman–Crippen MR) is 129 cm³/mol. The fourth-order valence-electron chi connectivity index (χ4n) is 3.77. The maximum absolute atomic E-state index is 13.3. The van der Waals surface area contributed by atoms with Gasteiger partial charge in [-0.15, -0.1) is 24.8 Å². The third kappa shape index (κ3) is 6.12. The van der Waals surface area contributed by atoms with Crippen molar-refractivity contribution in [1.82, 2.24) is 19.9 Å². The van der Waals surface area contributed by atoms with Crippen LogP contribution >= 0.6 is 36.4 Å². The number of anilines is 1. The summed E-state index contributed by atoms with van der Waals surface area (Å²) in [5.74, 6) is 0.0805. The van der Waals surface area contributed by atoms with Crippen molar-refractivity contribution in [3.63, 3.8) is 0 Å². The van der Waals surface area contributed by atoms with Gasteiger partial charge in [-0.1, -0.05) is 11.6 Å². The molecule has 10 heteroatoms. The number of carbonyl (C=O) groups is 1. The topological polar surface area (TPSA) is 71.8 Å². The molecule has 1 aliphatic rings. The van der Waals surface area contributed by atoms with Gasteiger partial charge in [0.15, 0.2) is 0 Å². The summed E-state index contributed by atoms with van der Waals surface area (Å²) in [5, 5.41) is 6.50. The van der Waals surface area contributed by atoms with Crippen LogP contribution in [0, 0.1) is 12.7 Å². The third-order valence-corrected chi connectivity index (χ3v) is 5.74. The number of nitrogens with one attached hydrogen (secondary N) is 2. The molecule has 4 rings (SSSR count). The Morgan fingerprint density at radius 2 is 1.88 bits per heavy atom. The maximum atomic E-state index is 13.3. The van der Waals surface area contributed by atoms with Crippen LogP contribution in [0.2, 0.25) is 5.02 Å². The molecule has 0 spiro atoms. The van der Waals surface area contributed by atoms with Gasteiger partial charge in [0.1, 0.15) is 11.6 Å². The van der Waals surface area contributed by atoms with Gasteiger partial charge in [0.2, 0.25) is 0 Å². The van der Waals surface area contributed by atoms with Gasteiger partial charge in [0.25, 0.3) is 5.91 Å². The van der Waals surface area contributed by atoms with E-state index in [1.54, 1.807) is 12.5 Å². The molecule has 32 heavy (non-hydrogen) atoms.